The van der Waals surface area contributed by atoms with Crippen LogP contribution < -0.4 is 10.6 Å². The molecule has 8 nitrogen and oxygen atoms in total. The third-order valence-electron chi connectivity index (χ3n) is 4.28. The molecule has 0 saturated carbocycles. The smallest absolute Gasteiger partial charge is 0.263 e. The molecule has 1 atom stereocenters. The molecule has 8 heteroatoms. The predicted octanol–water partition coefficient (Wildman–Crippen LogP) is 0.583. The topological polar surface area (TPSA) is 116 Å². The number of piperidine rings is 1. The van der Waals surface area contributed by atoms with Gasteiger partial charge in [0.05, 0.1) is 5.56 Å². The molecule has 1 fully saturated rings. The molecule has 1 aliphatic heterocycles. The molecular formula is C18H23N3O5. The summed E-state index contributed by atoms with van der Waals surface area (Å²) in [7, 11) is 0. The molecule has 3 N–H and O–H groups in total. The number of nitrogens with zero attached hydrogens (tertiary/aromatic N) is 1. The molecule has 1 saturated heterocycles. The normalized spacial score (nSPS) is 16.8. The molecule has 1 aromatic rings. The first-order valence-electron chi connectivity index (χ1n) is 8.55. The number of aryl methyl sites for hydroxylation is 1. The molecular weight excluding hydrogens is 338 g/mol. The Labute approximate surface area is 151 Å². The van der Waals surface area contributed by atoms with E-state index >= 15 is 0 Å². The predicted molar refractivity (Wildman–Crippen MR) is 94.4 cm³/mol. The van der Waals surface area contributed by atoms with Crippen LogP contribution >= 0.6 is 0 Å². The van der Waals surface area contributed by atoms with Crippen LogP contribution in [-0.4, -0.2) is 53.3 Å². The van der Waals surface area contributed by atoms with Gasteiger partial charge in [0.2, 0.25) is 18.2 Å². The minimum atomic E-state index is -1.00. The fourth-order valence-corrected chi connectivity index (χ4v) is 2.90. The van der Waals surface area contributed by atoms with Crippen molar-refractivity contribution in [3.8, 4) is 0 Å². The zero-order valence-electron chi connectivity index (χ0n) is 14.7. The quantitative estimate of drug-likeness (QED) is 0.354. The summed E-state index contributed by atoms with van der Waals surface area (Å²) in [4.78, 5) is 48.7. The summed E-state index contributed by atoms with van der Waals surface area (Å²) in [5.74, 6) is -1.64. The van der Waals surface area contributed by atoms with E-state index in [-0.39, 0.29) is 19.4 Å². The summed E-state index contributed by atoms with van der Waals surface area (Å²) in [6.45, 7) is 2.40. The van der Waals surface area contributed by atoms with Crippen LogP contribution in [-0.2, 0) is 14.4 Å². The molecule has 4 amide bonds. The fourth-order valence-electron chi connectivity index (χ4n) is 2.90. The Balaban J connectivity index is 2.24. The maximum absolute atomic E-state index is 13.0. The molecule has 0 aliphatic carbocycles. The van der Waals surface area contributed by atoms with E-state index in [1.807, 2.05) is 0 Å². The number of benzene rings is 1. The number of hydrogen-bond acceptors (Lipinski definition) is 6. The highest BCUT2D eigenvalue weighted by molar-refractivity contribution is 6.09. The Morgan fingerprint density at radius 2 is 2.15 bits per heavy atom. The highest BCUT2D eigenvalue weighted by Gasteiger charge is 2.35. The highest BCUT2D eigenvalue weighted by Crippen LogP contribution is 2.23. The van der Waals surface area contributed by atoms with Gasteiger partial charge in [-0.05, 0) is 37.8 Å². The van der Waals surface area contributed by atoms with Crippen LogP contribution in [0, 0.1) is 6.92 Å². The van der Waals surface area contributed by atoms with Crippen LogP contribution in [0.5, 0.6) is 0 Å². The average molecular weight is 361 g/mol. The molecule has 140 valence electrons. The second kappa shape index (κ2) is 9.10. The molecule has 1 aliphatic rings. The Bertz CT molecular complexity index is 704. The van der Waals surface area contributed by atoms with Crippen molar-refractivity contribution in [2.75, 3.05) is 18.5 Å². The van der Waals surface area contributed by atoms with Gasteiger partial charge < -0.3 is 10.4 Å². The summed E-state index contributed by atoms with van der Waals surface area (Å²) in [6.07, 6.45) is 1.89. The number of anilines is 1. The van der Waals surface area contributed by atoms with Gasteiger partial charge in [-0.25, -0.2) is 0 Å². The van der Waals surface area contributed by atoms with E-state index in [0.717, 1.165) is 11.3 Å². The number of hydrogen-bond donors (Lipinski definition) is 3. The van der Waals surface area contributed by atoms with Crippen molar-refractivity contribution < 1.29 is 24.3 Å². The van der Waals surface area contributed by atoms with E-state index in [2.05, 4.69) is 10.6 Å². The lowest BCUT2D eigenvalue weighted by Crippen LogP contribution is -2.54. The number of aliphatic hydroxyl groups is 1. The monoisotopic (exact) mass is 361 g/mol. The maximum atomic E-state index is 13.0. The lowest BCUT2D eigenvalue weighted by molar-refractivity contribution is -0.139. The molecule has 0 bridgehead atoms. The number of nitrogens with one attached hydrogen (secondary N) is 2. The molecule has 1 aromatic carbocycles. The van der Waals surface area contributed by atoms with Gasteiger partial charge in [0.25, 0.3) is 5.91 Å². The molecule has 0 spiro atoms. The van der Waals surface area contributed by atoms with Crippen molar-refractivity contribution in [3.63, 3.8) is 0 Å². The summed E-state index contributed by atoms with van der Waals surface area (Å²) in [5, 5.41) is 14.2. The summed E-state index contributed by atoms with van der Waals surface area (Å²) < 4.78 is 0. The van der Waals surface area contributed by atoms with Gasteiger partial charge in [-0.3, -0.25) is 29.4 Å². The SMILES string of the molecule is Cc1cccc(NCCCCO)c1C(=O)N(C=O)C1CCC(=O)NC1=O. The second-order valence-electron chi connectivity index (χ2n) is 6.14. The zero-order chi connectivity index (χ0) is 19.1. The Morgan fingerprint density at radius 3 is 2.81 bits per heavy atom. The zero-order valence-corrected chi connectivity index (χ0v) is 14.7. The number of unbranched alkanes of at least 4 members (excludes halogenated alkanes) is 1. The van der Waals surface area contributed by atoms with Crippen LogP contribution in [0.25, 0.3) is 0 Å². The number of rotatable bonds is 8. The van der Waals surface area contributed by atoms with Crippen LogP contribution in [0.1, 0.15) is 41.6 Å². The second-order valence-corrected chi connectivity index (χ2v) is 6.14. The van der Waals surface area contributed by atoms with E-state index in [9.17, 15) is 19.2 Å². The largest absolute Gasteiger partial charge is 0.396 e. The van der Waals surface area contributed by atoms with Gasteiger partial charge in [-0.1, -0.05) is 12.1 Å². The van der Waals surface area contributed by atoms with Gasteiger partial charge in [0.15, 0.2) is 0 Å². The molecule has 0 aromatic heterocycles. The number of amides is 4. The van der Waals surface area contributed by atoms with Gasteiger partial charge >= 0.3 is 0 Å². The first-order chi connectivity index (χ1) is 12.5. The van der Waals surface area contributed by atoms with Gasteiger partial charge in [-0.2, -0.15) is 0 Å². The Hall–Kier alpha value is -2.74. The van der Waals surface area contributed by atoms with Crippen molar-refractivity contribution >= 4 is 29.8 Å². The van der Waals surface area contributed by atoms with Gasteiger partial charge in [0.1, 0.15) is 6.04 Å². The lowest BCUT2D eigenvalue weighted by Gasteiger charge is -2.29. The highest BCUT2D eigenvalue weighted by atomic mass is 16.3. The number of aliphatic hydroxyl groups excluding tert-OH is 1. The molecule has 2 rings (SSSR count). The van der Waals surface area contributed by atoms with Crippen molar-refractivity contribution in [2.24, 2.45) is 0 Å². The van der Waals surface area contributed by atoms with Gasteiger partial charge in [-0.15, -0.1) is 0 Å². The van der Waals surface area contributed by atoms with Crippen LogP contribution in [0.4, 0.5) is 5.69 Å². The molecule has 0 radical (unpaired) electrons. The van der Waals surface area contributed by atoms with E-state index in [4.69, 9.17) is 5.11 Å². The number of carbonyl (C=O) groups is 4. The third kappa shape index (κ3) is 4.45. The molecule has 1 heterocycles. The Morgan fingerprint density at radius 1 is 1.38 bits per heavy atom. The minimum Gasteiger partial charge on any atom is -0.396 e. The van der Waals surface area contributed by atoms with Crippen molar-refractivity contribution in [1.29, 1.82) is 0 Å². The number of imide groups is 2. The molecule has 26 heavy (non-hydrogen) atoms. The first-order valence-corrected chi connectivity index (χ1v) is 8.55. The average Bonchev–Trinajstić information content (AvgIpc) is 2.61. The Kier molecular flexibility index (Phi) is 6.85. The summed E-state index contributed by atoms with van der Waals surface area (Å²) >= 11 is 0. The maximum Gasteiger partial charge on any atom is 0.263 e. The van der Waals surface area contributed by atoms with E-state index < -0.39 is 23.8 Å². The van der Waals surface area contributed by atoms with E-state index in [1.165, 1.54) is 0 Å². The number of carbonyl (C=O) groups excluding carboxylic acids is 4. The van der Waals surface area contributed by atoms with E-state index in [0.29, 0.717) is 36.2 Å². The van der Waals surface area contributed by atoms with Crippen molar-refractivity contribution in [3.05, 3.63) is 29.3 Å². The van der Waals surface area contributed by atoms with Crippen LogP contribution in [0.3, 0.4) is 0 Å². The fraction of sp³-hybridized carbons (Fsp3) is 0.444. The third-order valence-corrected chi connectivity index (χ3v) is 4.28. The first kappa shape index (κ1) is 19.6. The summed E-state index contributed by atoms with van der Waals surface area (Å²) in [5.41, 5.74) is 1.54. The van der Waals surface area contributed by atoms with Crippen molar-refractivity contribution in [1.82, 2.24) is 10.2 Å². The molecule has 1 unspecified atom stereocenters. The van der Waals surface area contributed by atoms with Crippen LogP contribution in [0.2, 0.25) is 0 Å². The van der Waals surface area contributed by atoms with E-state index in [1.54, 1.807) is 25.1 Å². The lowest BCUT2D eigenvalue weighted by atomic mass is 10.0. The van der Waals surface area contributed by atoms with Gasteiger partial charge in [0, 0.05) is 25.3 Å². The van der Waals surface area contributed by atoms with Crippen molar-refractivity contribution in [2.45, 2.75) is 38.6 Å². The minimum absolute atomic E-state index is 0.0774. The summed E-state index contributed by atoms with van der Waals surface area (Å²) in [6, 6.07) is 4.27. The standard InChI is InChI=1S/C18H23N3O5/c1-12-5-4-6-13(19-9-2-3-10-22)16(12)18(26)21(11-23)14-7-8-15(24)20-17(14)25/h4-6,11,14,19,22H,2-3,7-10H2,1H3,(H,20,24,25). The van der Waals surface area contributed by atoms with Crippen LogP contribution in [0.15, 0.2) is 18.2 Å².